The van der Waals surface area contributed by atoms with Crippen molar-refractivity contribution < 1.29 is 18.0 Å². The molecule has 0 atom stereocenters. The molecule has 0 radical (unpaired) electrons. The molecule has 35 heavy (non-hydrogen) atoms. The van der Waals surface area contributed by atoms with Crippen molar-refractivity contribution in [2.24, 2.45) is 0 Å². The van der Waals surface area contributed by atoms with E-state index in [0.29, 0.717) is 23.7 Å². The summed E-state index contributed by atoms with van der Waals surface area (Å²) >= 11 is 6.17. The van der Waals surface area contributed by atoms with Gasteiger partial charge < -0.3 is 9.80 Å². The number of sulfone groups is 1. The van der Waals surface area contributed by atoms with Gasteiger partial charge in [-0.15, -0.1) is 0 Å². The van der Waals surface area contributed by atoms with Crippen molar-refractivity contribution in [3.63, 3.8) is 0 Å². The summed E-state index contributed by atoms with van der Waals surface area (Å²) in [6.07, 6.45) is 1.61. The topological polar surface area (TPSA) is 74.8 Å². The van der Waals surface area contributed by atoms with Gasteiger partial charge in [-0.2, -0.15) is 0 Å². The van der Waals surface area contributed by atoms with E-state index in [1.807, 2.05) is 19.9 Å². The minimum Gasteiger partial charge on any atom is -0.339 e. The van der Waals surface area contributed by atoms with E-state index in [1.165, 1.54) is 35.2 Å². The van der Waals surface area contributed by atoms with Crippen molar-refractivity contribution in [2.45, 2.75) is 43.0 Å². The predicted molar refractivity (Wildman–Crippen MR) is 137 cm³/mol. The van der Waals surface area contributed by atoms with Crippen LogP contribution in [0.1, 0.15) is 53.0 Å². The Morgan fingerprint density at radius 2 is 1.63 bits per heavy atom. The summed E-state index contributed by atoms with van der Waals surface area (Å²) in [6.45, 7) is 5.29. The minimum absolute atomic E-state index is 0.00749. The maximum absolute atomic E-state index is 13.7. The highest BCUT2D eigenvalue weighted by Crippen LogP contribution is 2.38. The summed E-state index contributed by atoms with van der Waals surface area (Å²) in [6, 6.07) is 17.8. The fourth-order valence-corrected chi connectivity index (χ4v) is 6.20. The Bertz CT molecular complexity index is 1380. The van der Waals surface area contributed by atoms with E-state index in [2.05, 4.69) is 0 Å². The van der Waals surface area contributed by atoms with Crippen LogP contribution in [-0.4, -0.2) is 38.2 Å². The Hall–Kier alpha value is -3.16. The number of nitrogens with zero attached hydrogens (tertiary/aromatic N) is 2. The van der Waals surface area contributed by atoms with Gasteiger partial charge in [0.15, 0.2) is 0 Å². The number of fused-ring (bicyclic) bond motifs is 2. The molecule has 1 aliphatic rings. The third-order valence-electron chi connectivity index (χ3n) is 5.94. The summed E-state index contributed by atoms with van der Waals surface area (Å²) in [5.41, 5.74) is 1.36. The molecule has 1 heterocycles. The van der Waals surface area contributed by atoms with Crippen LogP contribution < -0.4 is 4.90 Å². The molecule has 182 valence electrons. The van der Waals surface area contributed by atoms with Gasteiger partial charge in [0.1, 0.15) is 0 Å². The van der Waals surface area contributed by atoms with Crippen LogP contribution >= 0.6 is 11.6 Å². The van der Waals surface area contributed by atoms with Crippen molar-refractivity contribution in [1.29, 1.82) is 0 Å². The highest BCUT2D eigenvalue weighted by Gasteiger charge is 2.36. The maximum atomic E-state index is 13.7. The van der Waals surface area contributed by atoms with Gasteiger partial charge in [0.05, 0.1) is 27.6 Å². The highest BCUT2D eigenvalue weighted by atomic mass is 35.5. The third-order valence-corrected chi connectivity index (χ3v) is 8.04. The lowest BCUT2D eigenvalue weighted by molar-refractivity contribution is 0.0755. The Labute approximate surface area is 211 Å². The first kappa shape index (κ1) is 24.9. The lowest BCUT2D eigenvalue weighted by Gasteiger charge is -2.25. The Balaban J connectivity index is 1.90. The van der Waals surface area contributed by atoms with Gasteiger partial charge >= 0.3 is 0 Å². The van der Waals surface area contributed by atoms with Crippen LogP contribution in [0, 0.1) is 0 Å². The van der Waals surface area contributed by atoms with Gasteiger partial charge in [-0.05, 0) is 60.9 Å². The Morgan fingerprint density at radius 1 is 0.914 bits per heavy atom. The Morgan fingerprint density at radius 3 is 2.31 bits per heavy atom. The number of amides is 2. The molecule has 0 unspecified atom stereocenters. The first-order valence-electron chi connectivity index (χ1n) is 11.6. The van der Waals surface area contributed by atoms with Crippen LogP contribution in [0.15, 0.2) is 76.5 Å². The third kappa shape index (κ3) is 4.83. The first-order valence-corrected chi connectivity index (χ1v) is 13.5. The van der Waals surface area contributed by atoms with Crippen molar-refractivity contribution in [3.05, 3.63) is 88.4 Å². The minimum atomic E-state index is -4.00. The zero-order chi connectivity index (χ0) is 25.2. The molecule has 0 saturated heterocycles. The molecule has 3 aromatic carbocycles. The van der Waals surface area contributed by atoms with Gasteiger partial charge in [0, 0.05) is 23.7 Å². The molecule has 0 spiro atoms. The van der Waals surface area contributed by atoms with E-state index < -0.39 is 15.7 Å². The van der Waals surface area contributed by atoms with Gasteiger partial charge in [0.2, 0.25) is 9.84 Å². The van der Waals surface area contributed by atoms with E-state index in [9.17, 15) is 18.0 Å². The molecule has 4 rings (SSSR count). The highest BCUT2D eigenvalue weighted by molar-refractivity contribution is 7.91. The molecule has 0 bridgehead atoms. The van der Waals surface area contributed by atoms with E-state index in [0.717, 1.165) is 18.4 Å². The number of rotatable bonds is 7. The molecule has 2 amide bonds. The molecule has 6 nitrogen and oxygen atoms in total. The number of anilines is 1. The number of hydrogen-bond acceptors (Lipinski definition) is 4. The van der Waals surface area contributed by atoms with Crippen molar-refractivity contribution in [1.82, 2.24) is 4.90 Å². The molecule has 0 N–H and O–H groups in total. The summed E-state index contributed by atoms with van der Waals surface area (Å²) < 4.78 is 27.3. The monoisotopic (exact) mass is 510 g/mol. The zero-order valence-corrected chi connectivity index (χ0v) is 21.3. The molecule has 3 aromatic rings. The lowest BCUT2D eigenvalue weighted by Crippen LogP contribution is -2.33. The second-order valence-electron chi connectivity index (χ2n) is 8.50. The van der Waals surface area contributed by atoms with Crippen LogP contribution in [0.25, 0.3) is 0 Å². The van der Waals surface area contributed by atoms with Gasteiger partial charge in [-0.25, -0.2) is 8.42 Å². The van der Waals surface area contributed by atoms with Crippen LogP contribution in [0.2, 0.25) is 5.02 Å². The van der Waals surface area contributed by atoms with Crippen molar-refractivity contribution in [3.8, 4) is 0 Å². The predicted octanol–water partition coefficient (Wildman–Crippen LogP) is 5.60. The van der Waals surface area contributed by atoms with Gasteiger partial charge in [0.25, 0.3) is 11.8 Å². The zero-order valence-electron chi connectivity index (χ0n) is 19.7. The van der Waals surface area contributed by atoms with E-state index in [-0.39, 0.29) is 33.5 Å². The fourth-order valence-electron chi connectivity index (χ4n) is 4.35. The Kier molecular flexibility index (Phi) is 7.28. The number of carbonyl (C=O) groups is 2. The SMILES string of the molecule is CCCN(CCC)C(=O)c1ccc2c(c1)N(Cc1cccc(Cl)c1)C(=O)c1ccccc1S2(=O)=O. The number of hydrogen-bond donors (Lipinski definition) is 0. The van der Waals surface area contributed by atoms with Crippen molar-refractivity contribution in [2.75, 3.05) is 18.0 Å². The molecule has 0 aromatic heterocycles. The smallest absolute Gasteiger partial charge is 0.259 e. The van der Waals surface area contributed by atoms with Crippen LogP contribution in [0.3, 0.4) is 0 Å². The fraction of sp³-hybridized carbons (Fsp3) is 0.259. The van der Waals surface area contributed by atoms with Gasteiger partial charge in [-0.1, -0.05) is 49.7 Å². The number of halogens is 1. The molecule has 8 heteroatoms. The molecule has 0 saturated carbocycles. The second kappa shape index (κ2) is 10.2. The van der Waals surface area contributed by atoms with Gasteiger partial charge in [-0.3, -0.25) is 9.59 Å². The summed E-state index contributed by atoms with van der Waals surface area (Å²) in [5, 5.41) is 0.511. The van der Waals surface area contributed by atoms with E-state index >= 15 is 0 Å². The second-order valence-corrected chi connectivity index (χ2v) is 10.8. The van der Waals surface area contributed by atoms with Crippen molar-refractivity contribution >= 4 is 38.9 Å². The average molecular weight is 511 g/mol. The molecular formula is C27H27ClN2O4S. The van der Waals surface area contributed by atoms with E-state index in [1.54, 1.807) is 35.2 Å². The van der Waals surface area contributed by atoms with Crippen LogP contribution in [0.5, 0.6) is 0 Å². The maximum Gasteiger partial charge on any atom is 0.259 e. The molecule has 0 fully saturated rings. The standard InChI is InChI=1S/C27H27ClN2O4S/c1-3-14-29(15-4-2)26(31)20-12-13-25-23(17-20)30(18-19-8-7-9-21(28)16-19)27(32)22-10-5-6-11-24(22)35(25,33)34/h5-13,16-17H,3-4,14-15,18H2,1-2H3. The molecule has 0 aliphatic carbocycles. The van der Waals surface area contributed by atoms with E-state index in [4.69, 9.17) is 11.6 Å². The molecule has 1 aliphatic heterocycles. The largest absolute Gasteiger partial charge is 0.339 e. The summed E-state index contributed by atoms with van der Waals surface area (Å²) in [4.78, 5) is 30.2. The summed E-state index contributed by atoms with van der Waals surface area (Å²) in [5.74, 6) is -0.641. The van der Waals surface area contributed by atoms with Crippen LogP contribution in [-0.2, 0) is 16.4 Å². The average Bonchev–Trinajstić information content (AvgIpc) is 2.91. The first-order chi connectivity index (χ1) is 16.8. The van der Waals surface area contributed by atoms with Crippen LogP contribution in [0.4, 0.5) is 5.69 Å². The molecular weight excluding hydrogens is 484 g/mol. The summed E-state index contributed by atoms with van der Waals surface area (Å²) in [7, 11) is -4.00. The normalized spacial score (nSPS) is 14.1. The number of benzene rings is 3. The lowest BCUT2D eigenvalue weighted by atomic mass is 10.1. The quantitative estimate of drug-likeness (QED) is 0.415. The number of carbonyl (C=O) groups excluding carboxylic acids is 2.